The van der Waals surface area contributed by atoms with Crippen molar-refractivity contribution in [1.82, 2.24) is 9.62 Å². The van der Waals surface area contributed by atoms with Crippen molar-refractivity contribution < 1.29 is 36.8 Å². The van der Waals surface area contributed by atoms with Gasteiger partial charge in [0.25, 0.3) is 5.91 Å². The number of benzene rings is 2. The van der Waals surface area contributed by atoms with E-state index in [9.17, 15) is 22.8 Å². The maximum atomic E-state index is 13.0. The third-order valence-corrected chi connectivity index (χ3v) is 5.60. The fraction of sp³-hybridized carbons (Fsp3) is 0.250. The van der Waals surface area contributed by atoms with Gasteiger partial charge in [0.2, 0.25) is 11.6 Å². The molecule has 2 aromatic carbocycles. The Bertz CT molecular complexity index is 1070. The van der Waals surface area contributed by atoms with Crippen molar-refractivity contribution >= 4 is 28.1 Å². The van der Waals surface area contributed by atoms with Gasteiger partial charge in [-0.3, -0.25) is 18.9 Å². The Balaban J connectivity index is 1.80. The zero-order chi connectivity index (χ0) is 22.6. The topological polar surface area (TPSA) is 139 Å². The predicted molar refractivity (Wildman–Crippen MR) is 107 cm³/mol. The second-order valence-corrected chi connectivity index (χ2v) is 8.08. The third kappa shape index (κ3) is 4.74. The smallest absolute Gasteiger partial charge is 0.362 e. The van der Waals surface area contributed by atoms with E-state index < -0.39 is 46.3 Å². The molecule has 1 aliphatic heterocycles. The Kier molecular flexibility index (Phi) is 6.39. The van der Waals surface area contributed by atoms with Gasteiger partial charge in [-0.25, -0.2) is 4.31 Å². The highest BCUT2D eigenvalue weighted by atomic mass is 32.2. The molecule has 1 heterocycles. The highest BCUT2D eigenvalue weighted by Crippen LogP contribution is 2.28. The van der Waals surface area contributed by atoms with Gasteiger partial charge in [-0.1, -0.05) is 60.7 Å². The Morgan fingerprint density at radius 1 is 1.13 bits per heavy atom. The molecule has 2 atom stereocenters. The Morgan fingerprint density at radius 3 is 2.23 bits per heavy atom. The fourth-order valence-corrected chi connectivity index (χ4v) is 3.76. The first-order valence-electron chi connectivity index (χ1n) is 9.10. The van der Waals surface area contributed by atoms with Gasteiger partial charge in [0.15, 0.2) is 5.92 Å². The third-order valence-electron chi connectivity index (χ3n) is 4.75. The number of carbonyl (C=O) groups is 3. The number of hydrogen-bond donors (Lipinski definition) is 2. The zero-order valence-corrected chi connectivity index (χ0v) is 17.2. The van der Waals surface area contributed by atoms with Gasteiger partial charge in [0.1, 0.15) is 6.61 Å². The molecule has 3 rings (SSSR count). The molecule has 1 fully saturated rings. The molecule has 2 N–H and O–H groups in total. The number of methoxy groups -OCH3 is 1. The normalized spacial score (nSPS) is 19.3. The maximum Gasteiger partial charge on any atom is 0.362 e. The summed E-state index contributed by atoms with van der Waals surface area (Å²) in [5.74, 6) is -4.41. The van der Waals surface area contributed by atoms with Crippen molar-refractivity contribution in [3.05, 3.63) is 71.8 Å². The number of carbonyl (C=O) groups excluding carboxylic acids is 3. The number of nitrogens with one attached hydrogen (secondary N) is 1. The summed E-state index contributed by atoms with van der Waals surface area (Å²) in [5, 5.41) is 2.28. The summed E-state index contributed by atoms with van der Waals surface area (Å²) in [6, 6.07) is 16.9. The van der Waals surface area contributed by atoms with Gasteiger partial charge >= 0.3 is 16.3 Å². The van der Waals surface area contributed by atoms with Crippen LogP contribution in [0.5, 0.6) is 0 Å². The molecular weight excluding hydrogens is 428 g/mol. The Morgan fingerprint density at radius 2 is 1.71 bits per heavy atom. The van der Waals surface area contributed by atoms with Crippen LogP contribution in [0.2, 0.25) is 0 Å². The number of rotatable bonds is 8. The van der Waals surface area contributed by atoms with Crippen LogP contribution in [0.4, 0.5) is 0 Å². The first-order chi connectivity index (χ1) is 14.7. The molecule has 0 aliphatic carbocycles. The SMILES string of the molecule is COC1(NC(=O)C(C(=O)OCc2ccccc2)c2ccccc2)CN(S(=O)(=O)O)C1=O. The molecule has 0 bridgehead atoms. The fourth-order valence-electron chi connectivity index (χ4n) is 3.06. The van der Waals surface area contributed by atoms with Gasteiger partial charge in [-0.15, -0.1) is 0 Å². The first kappa shape index (κ1) is 22.4. The molecule has 0 radical (unpaired) electrons. The molecule has 0 saturated carbocycles. The van der Waals surface area contributed by atoms with Crippen molar-refractivity contribution in [3.63, 3.8) is 0 Å². The average molecular weight is 448 g/mol. The predicted octanol–water partition coefficient (Wildman–Crippen LogP) is 0.618. The molecule has 1 saturated heterocycles. The minimum Gasteiger partial charge on any atom is -0.460 e. The van der Waals surface area contributed by atoms with Crippen LogP contribution in [-0.4, -0.2) is 54.4 Å². The van der Waals surface area contributed by atoms with Crippen molar-refractivity contribution in [2.24, 2.45) is 0 Å². The summed E-state index contributed by atoms with van der Waals surface area (Å²) >= 11 is 0. The molecule has 0 spiro atoms. The van der Waals surface area contributed by atoms with E-state index >= 15 is 0 Å². The van der Waals surface area contributed by atoms with E-state index in [1.54, 1.807) is 60.7 Å². The van der Waals surface area contributed by atoms with E-state index in [0.29, 0.717) is 5.56 Å². The Hall–Kier alpha value is -3.28. The lowest BCUT2D eigenvalue weighted by Crippen LogP contribution is -2.76. The summed E-state index contributed by atoms with van der Waals surface area (Å²) in [6.45, 7) is -0.714. The number of ether oxygens (including phenoxy) is 2. The van der Waals surface area contributed by atoms with Gasteiger partial charge in [-0.05, 0) is 11.1 Å². The molecule has 1 aliphatic rings. The summed E-state index contributed by atoms with van der Waals surface area (Å²) in [7, 11) is -3.71. The lowest BCUT2D eigenvalue weighted by Gasteiger charge is -2.45. The summed E-state index contributed by atoms with van der Waals surface area (Å²) in [5.41, 5.74) is -1.00. The van der Waals surface area contributed by atoms with Crippen LogP contribution >= 0.6 is 0 Å². The average Bonchev–Trinajstić information content (AvgIpc) is 2.75. The molecule has 0 aromatic heterocycles. The molecule has 11 heteroatoms. The molecule has 31 heavy (non-hydrogen) atoms. The molecular formula is C20H20N2O8S. The zero-order valence-electron chi connectivity index (χ0n) is 16.4. The second kappa shape index (κ2) is 8.84. The van der Waals surface area contributed by atoms with Crippen LogP contribution in [0.3, 0.4) is 0 Å². The van der Waals surface area contributed by atoms with Crippen LogP contribution in [0.25, 0.3) is 0 Å². The maximum absolute atomic E-state index is 13.0. The van der Waals surface area contributed by atoms with Gasteiger partial charge in [0.05, 0.1) is 6.54 Å². The van der Waals surface area contributed by atoms with Gasteiger partial charge in [-0.2, -0.15) is 8.42 Å². The summed E-state index contributed by atoms with van der Waals surface area (Å²) < 4.78 is 42.0. The standard InChI is InChI=1S/C20H20N2O8S/c1-29-20(13-22(19(20)25)31(26,27)28)21-17(23)16(15-10-6-3-7-11-15)18(24)30-12-14-8-4-2-5-9-14/h2-11,16H,12-13H2,1H3,(H,21,23)(H,26,27,28). The number of hydrogen-bond acceptors (Lipinski definition) is 7. The summed E-state index contributed by atoms with van der Waals surface area (Å²) in [4.78, 5) is 38.0. The largest absolute Gasteiger partial charge is 0.460 e. The highest BCUT2D eigenvalue weighted by Gasteiger charge is 2.59. The molecule has 2 amide bonds. The van der Waals surface area contributed by atoms with Crippen LogP contribution in [0.1, 0.15) is 17.0 Å². The number of esters is 1. The van der Waals surface area contributed by atoms with Crippen LogP contribution in [0, 0.1) is 0 Å². The van der Waals surface area contributed by atoms with E-state index in [2.05, 4.69) is 5.32 Å². The van der Waals surface area contributed by atoms with Crippen molar-refractivity contribution in [2.75, 3.05) is 13.7 Å². The minimum absolute atomic E-state index is 0.0683. The molecule has 2 aromatic rings. The van der Waals surface area contributed by atoms with Crippen molar-refractivity contribution in [1.29, 1.82) is 0 Å². The van der Waals surface area contributed by atoms with Crippen molar-refractivity contribution in [3.8, 4) is 0 Å². The first-order valence-corrected chi connectivity index (χ1v) is 10.5. The Labute approximate surface area is 178 Å². The highest BCUT2D eigenvalue weighted by molar-refractivity contribution is 7.84. The van der Waals surface area contributed by atoms with E-state index in [1.165, 1.54) is 0 Å². The number of amides is 2. The van der Waals surface area contributed by atoms with Gasteiger partial charge in [0, 0.05) is 7.11 Å². The lowest BCUT2D eigenvalue weighted by molar-refractivity contribution is -0.181. The number of nitrogens with zero attached hydrogens (tertiary/aromatic N) is 1. The van der Waals surface area contributed by atoms with Crippen LogP contribution in [-0.2, 0) is 40.8 Å². The second-order valence-electron chi connectivity index (χ2n) is 6.75. The van der Waals surface area contributed by atoms with Gasteiger partial charge < -0.3 is 14.8 Å². The number of β-lactam (4-membered cyclic amide) rings is 1. The lowest BCUT2D eigenvalue weighted by atomic mass is 9.96. The van der Waals surface area contributed by atoms with Crippen molar-refractivity contribution in [2.45, 2.75) is 18.2 Å². The monoisotopic (exact) mass is 448 g/mol. The minimum atomic E-state index is -4.80. The van der Waals surface area contributed by atoms with Crippen LogP contribution in [0.15, 0.2) is 60.7 Å². The summed E-state index contributed by atoms with van der Waals surface area (Å²) in [6.07, 6.45) is 0. The van der Waals surface area contributed by atoms with Crippen LogP contribution < -0.4 is 5.32 Å². The molecule has 2 unspecified atom stereocenters. The quantitative estimate of drug-likeness (QED) is 0.197. The molecule has 10 nitrogen and oxygen atoms in total. The molecule has 164 valence electrons. The van der Waals surface area contributed by atoms with E-state index in [4.69, 9.17) is 14.0 Å². The van der Waals surface area contributed by atoms with E-state index in [-0.39, 0.29) is 10.9 Å². The van der Waals surface area contributed by atoms with E-state index in [1.807, 2.05) is 0 Å². The van der Waals surface area contributed by atoms with E-state index in [0.717, 1.165) is 12.7 Å².